The number of carbonyl (C=O) groups is 2. The Labute approximate surface area is 127 Å². The predicted molar refractivity (Wildman–Crippen MR) is 86.8 cm³/mol. The van der Waals surface area contributed by atoms with Gasteiger partial charge < -0.3 is 5.32 Å². The number of amides is 1. The molecule has 1 N–H and O–H groups in total. The molecule has 0 unspecified atom stereocenters. The van der Waals surface area contributed by atoms with Gasteiger partial charge in [0.15, 0.2) is 5.12 Å². The van der Waals surface area contributed by atoms with Gasteiger partial charge in [-0.1, -0.05) is 44.4 Å². The van der Waals surface area contributed by atoms with Crippen LogP contribution in [0.15, 0.2) is 17.9 Å². The molecule has 1 amide bonds. The first-order valence-corrected chi connectivity index (χ1v) is 8.44. The number of unbranched alkanes of at least 4 members (excludes halogenated alkanes) is 5. The summed E-state index contributed by atoms with van der Waals surface area (Å²) in [6, 6.07) is 0. The average Bonchev–Trinajstić information content (AvgIpc) is 2.41. The Bertz CT molecular complexity index is 333. The Kier molecular flexibility index (Phi) is 13.7. The molecule has 0 aromatic rings. The fourth-order valence-corrected chi connectivity index (χ4v) is 2.24. The highest BCUT2D eigenvalue weighted by Gasteiger charge is 1.99. The summed E-state index contributed by atoms with van der Waals surface area (Å²) in [5, 5.41) is 2.79. The largest absolute Gasteiger partial charge is 0.356 e. The zero-order valence-electron chi connectivity index (χ0n) is 12.7. The van der Waals surface area contributed by atoms with Crippen molar-refractivity contribution in [3.05, 3.63) is 17.9 Å². The fraction of sp³-hybridized carbons (Fsp3) is 0.688. The molecule has 0 fully saturated rings. The van der Waals surface area contributed by atoms with Crippen molar-refractivity contribution in [2.45, 2.75) is 58.8 Å². The van der Waals surface area contributed by atoms with Gasteiger partial charge >= 0.3 is 0 Å². The lowest BCUT2D eigenvalue weighted by atomic mass is 10.1. The minimum atomic E-state index is -0.0557. The standard InChI is InChI=1S/C16H27NO2S/c1-3-4-5-6-7-8-9-10-11-12-16(19)20-14-13-17-15(2)18/h9,11H,3-8,12-14H2,1-2H3,(H,17,18). The van der Waals surface area contributed by atoms with Gasteiger partial charge in [-0.25, -0.2) is 0 Å². The summed E-state index contributed by atoms with van der Waals surface area (Å²) in [7, 11) is 0. The number of carbonyl (C=O) groups excluding carboxylic acids is 2. The van der Waals surface area contributed by atoms with Crippen LogP contribution in [0.2, 0.25) is 0 Å². The van der Waals surface area contributed by atoms with Crippen molar-refractivity contribution in [1.82, 2.24) is 5.32 Å². The smallest absolute Gasteiger partial charge is 0.216 e. The molecule has 0 heterocycles. The average molecular weight is 297 g/mol. The maximum atomic E-state index is 11.5. The number of hydrogen-bond acceptors (Lipinski definition) is 3. The Morgan fingerprint density at radius 1 is 1.15 bits per heavy atom. The zero-order valence-corrected chi connectivity index (χ0v) is 13.6. The Morgan fingerprint density at radius 3 is 2.60 bits per heavy atom. The van der Waals surface area contributed by atoms with Crippen LogP contribution in [-0.4, -0.2) is 23.3 Å². The molecule has 4 heteroatoms. The third-order valence-corrected chi connectivity index (χ3v) is 3.59. The van der Waals surface area contributed by atoms with Crippen LogP contribution >= 0.6 is 11.8 Å². The molecule has 0 atom stereocenters. The predicted octanol–water partition coefficient (Wildman–Crippen LogP) is 3.84. The van der Waals surface area contributed by atoms with Crippen molar-refractivity contribution in [2.24, 2.45) is 0 Å². The van der Waals surface area contributed by atoms with Gasteiger partial charge in [-0.3, -0.25) is 9.59 Å². The third kappa shape index (κ3) is 15.1. The van der Waals surface area contributed by atoms with Crippen LogP contribution in [0.25, 0.3) is 0 Å². The fourth-order valence-electron chi connectivity index (χ4n) is 1.61. The van der Waals surface area contributed by atoms with Gasteiger partial charge in [0, 0.05) is 25.6 Å². The van der Waals surface area contributed by atoms with Crippen LogP contribution in [0.4, 0.5) is 0 Å². The Balaban J connectivity index is 3.47. The first-order chi connectivity index (χ1) is 9.66. The van der Waals surface area contributed by atoms with Gasteiger partial charge in [-0.15, -0.1) is 5.73 Å². The van der Waals surface area contributed by atoms with E-state index in [-0.39, 0.29) is 11.0 Å². The van der Waals surface area contributed by atoms with E-state index in [9.17, 15) is 9.59 Å². The van der Waals surface area contributed by atoms with Gasteiger partial charge in [0.25, 0.3) is 0 Å². The summed E-state index contributed by atoms with van der Waals surface area (Å²) in [4.78, 5) is 22.1. The first-order valence-electron chi connectivity index (χ1n) is 7.46. The topological polar surface area (TPSA) is 46.2 Å². The van der Waals surface area contributed by atoms with Crippen LogP contribution in [0, 0.1) is 0 Å². The van der Waals surface area contributed by atoms with E-state index in [1.165, 1.54) is 50.8 Å². The molecule has 20 heavy (non-hydrogen) atoms. The van der Waals surface area contributed by atoms with Crippen LogP contribution in [0.1, 0.15) is 58.8 Å². The highest BCUT2D eigenvalue weighted by molar-refractivity contribution is 8.13. The molecule has 0 aliphatic rings. The second-order valence-electron chi connectivity index (χ2n) is 4.69. The lowest BCUT2D eigenvalue weighted by Gasteiger charge is -1.99. The van der Waals surface area contributed by atoms with Crippen molar-refractivity contribution in [2.75, 3.05) is 12.3 Å². The van der Waals surface area contributed by atoms with Crippen molar-refractivity contribution in [1.29, 1.82) is 0 Å². The van der Waals surface area contributed by atoms with Gasteiger partial charge in [-0.05, 0) is 25.0 Å². The van der Waals surface area contributed by atoms with E-state index in [0.29, 0.717) is 18.7 Å². The van der Waals surface area contributed by atoms with E-state index in [0.717, 1.165) is 6.42 Å². The van der Waals surface area contributed by atoms with Gasteiger partial charge in [-0.2, -0.15) is 0 Å². The van der Waals surface area contributed by atoms with E-state index in [1.807, 2.05) is 6.08 Å². The Hall–Kier alpha value is -0.990. The van der Waals surface area contributed by atoms with E-state index in [2.05, 4.69) is 18.0 Å². The molecule has 0 saturated carbocycles. The number of nitrogens with one attached hydrogen (secondary N) is 1. The summed E-state index contributed by atoms with van der Waals surface area (Å²) >= 11 is 1.26. The second-order valence-corrected chi connectivity index (χ2v) is 5.84. The molecule has 0 radical (unpaired) electrons. The minimum Gasteiger partial charge on any atom is -0.356 e. The van der Waals surface area contributed by atoms with Crippen LogP contribution in [0.3, 0.4) is 0 Å². The van der Waals surface area contributed by atoms with Crippen LogP contribution in [0.5, 0.6) is 0 Å². The van der Waals surface area contributed by atoms with Crippen LogP contribution < -0.4 is 5.32 Å². The SMILES string of the molecule is CCCCCCCC=C=CCC(=O)SCCNC(C)=O. The monoisotopic (exact) mass is 297 g/mol. The quantitative estimate of drug-likeness (QED) is 0.465. The van der Waals surface area contributed by atoms with E-state index in [4.69, 9.17) is 0 Å². The maximum Gasteiger partial charge on any atom is 0.216 e. The minimum absolute atomic E-state index is 0.0557. The molecule has 0 rings (SSSR count). The van der Waals surface area contributed by atoms with Gasteiger partial charge in [0.2, 0.25) is 5.91 Å². The maximum absolute atomic E-state index is 11.5. The number of allylic oxidation sites excluding steroid dienone is 1. The van der Waals surface area contributed by atoms with Crippen molar-refractivity contribution in [3.63, 3.8) is 0 Å². The number of thioether (sulfide) groups is 1. The summed E-state index contributed by atoms with van der Waals surface area (Å²) < 4.78 is 0. The molecule has 0 spiro atoms. The molecule has 0 saturated heterocycles. The van der Waals surface area contributed by atoms with Crippen molar-refractivity contribution in [3.8, 4) is 0 Å². The molecular weight excluding hydrogens is 270 g/mol. The normalized spacial score (nSPS) is 9.70. The van der Waals surface area contributed by atoms with Crippen molar-refractivity contribution < 1.29 is 9.59 Å². The molecular formula is C16H27NO2S. The molecule has 0 aromatic heterocycles. The molecule has 0 aliphatic heterocycles. The zero-order chi connectivity index (χ0) is 15.1. The highest BCUT2D eigenvalue weighted by Crippen LogP contribution is 2.06. The first kappa shape index (κ1) is 19.0. The second kappa shape index (κ2) is 14.4. The summed E-state index contributed by atoms with van der Waals surface area (Å²) in [6.45, 7) is 4.24. The molecule has 0 aliphatic carbocycles. The molecule has 3 nitrogen and oxygen atoms in total. The summed E-state index contributed by atoms with van der Waals surface area (Å²) in [6.07, 6.45) is 11.7. The lowest BCUT2D eigenvalue weighted by Crippen LogP contribution is -2.22. The third-order valence-electron chi connectivity index (χ3n) is 2.70. The van der Waals surface area contributed by atoms with Crippen molar-refractivity contribution >= 4 is 22.8 Å². The van der Waals surface area contributed by atoms with E-state index < -0.39 is 0 Å². The van der Waals surface area contributed by atoms with E-state index >= 15 is 0 Å². The lowest BCUT2D eigenvalue weighted by molar-refractivity contribution is -0.118. The van der Waals surface area contributed by atoms with E-state index in [1.54, 1.807) is 6.08 Å². The highest BCUT2D eigenvalue weighted by atomic mass is 32.2. The van der Waals surface area contributed by atoms with Gasteiger partial charge in [0.05, 0.1) is 0 Å². The molecule has 0 aromatic carbocycles. The van der Waals surface area contributed by atoms with Crippen LogP contribution in [-0.2, 0) is 9.59 Å². The summed E-state index contributed by atoms with van der Waals surface area (Å²) in [5.74, 6) is 0.577. The number of rotatable bonds is 11. The number of hydrogen-bond donors (Lipinski definition) is 1. The molecule has 114 valence electrons. The molecule has 0 bridgehead atoms. The Morgan fingerprint density at radius 2 is 1.90 bits per heavy atom. The summed E-state index contributed by atoms with van der Waals surface area (Å²) in [5.41, 5.74) is 3.06. The van der Waals surface area contributed by atoms with Gasteiger partial charge in [0.1, 0.15) is 0 Å².